The zero-order valence-corrected chi connectivity index (χ0v) is 9.42. The van der Waals surface area contributed by atoms with Gasteiger partial charge >= 0.3 is 0 Å². The van der Waals surface area contributed by atoms with Gasteiger partial charge in [-0.15, -0.1) is 0 Å². The second-order valence-electron chi connectivity index (χ2n) is 4.04. The molecule has 86 valence electrons. The lowest BCUT2D eigenvalue weighted by Gasteiger charge is -2.03. The summed E-state index contributed by atoms with van der Waals surface area (Å²) in [5, 5.41) is 3.88. The molecule has 2 N–H and O–H groups in total. The summed E-state index contributed by atoms with van der Waals surface area (Å²) in [6, 6.07) is 7.90. The molecule has 0 saturated heterocycles. The highest BCUT2D eigenvalue weighted by Gasteiger charge is 2.09. The normalized spacial score (nSPS) is 11.1. The highest BCUT2D eigenvalue weighted by molar-refractivity contribution is 5.79. The molecule has 0 radical (unpaired) electrons. The van der Waals surface area contributed by atoms with Crippen LogP contribution in [-0.2, 0) is 6.54 Å². The van der Waals surface area contributed by atoms with E-state index in [1.165, 1.54) is 5.56 Å². The average Bonchev–Trinajstić information content (AvgIpc) is 2.88. The predicted molar refractivity (Wildman–Crippen MR) is 64.5 cm³/mol. The predicted octanol–water partition coefficient (Wildman–Crippen LogP) is 1.96. The number of nitrogen functional groups attached to an aromatic ring is 1. The Morgan fingerprint density at radius 1 is 1.35 bits per heavy atom. The molecular formula is C12H12N4O. The number of rotatable bonds is 2. The molecule has 0 bridgehead atoms. The third kappa shape index (κ3) is 1.65. The van der Waals surface area contributed by atoms with Crippen molar-refractivity contribution < 1.29 is 4.52 Å². The minimum atomic E-state index is 0.494. The van der Waals surface area contributed by atoms with Crippen LogP contribution in [0.1, 0.15) is 11.3 Å². The van der Waals surface area contributed by atoms with Gasteiger partial charge in [0.1, 0.15) is 12.0 Å². The number of nitrogens with zero attached hydrogens (tertiary/aromatic N) is 3. The molecule has 0 fully saturated rings. The molecule has 3 aromatic rings. The highest BCUT2D eigenvalue weighted by atomic mass is 16.5. The third-order valence-electron chi connectivity index (χ3n) is 2.74. The first-order valence-electron chi connectivity index (χ1n) is 5.35. The van der Waals surface area contributed by atoms with E-state index in [-0.39, 0.29) is 0 Å². The first kappa shape index (κ1) is 9.89. The van der Waals surface area contributed by atoms with E-state index in [4.69, 9.17) is 10.3 Å². The lowest BCUT2D eigenvalue weighted by atomic mass is 10.2. The minimum Gasteiger partial charge on any atom is -0.369 e. The van der Waals surface area contributed by atoms with E-state index in [0.29, 0.717) is 12.5 Å². The van der Waals surface area contributed by atoms with Crippen LogP contribution in [0.25, 0.3) is 11.0 Å². The fourth-order valence-electron chi connectivity index (χ4n) is 1.91. The SMILES string of the molecule is Cc1ccc2c(c1)nc(N)n2Cc1ccon1. The van der Waals surface area contributed by atoms with Crippen molar-refractivity contribution in [2.24, 2.45) is 0 Å². The lowest BCUT2D eigenvalue weighted by molar-refractivity contribution is 0.410. The van der Waals surface area contributed by atoms with Gasteiger partial charge in [0.2, 0.25) is 5.95 Å². The molecule has 0 atom stereocenters. The molecule has 1 aromatic carbocycles. The van der Waals surface area contributed by atoms with Crippen molar-refractivity contribution in [3.8, 4) is 0 Å². The minimum absolute atomic E-state index is 0.494. The Kier molecular flexibility index (Phi) is 2.11. The van der Waals surface area contributed by atoms with Crippen LogP contribution >= 0.6 is 0 Å². The van der Waals surface area contributed by atoms with Crippen molar-refractivity contribution in [2.45, 2.75) is 13.5 Å². The smallest absolute Gasteiger partial charge is 0.201 e. The van der Waals surface area contributed by atoms with Crippen LogP contribution in [0.15, 0.2) is 35.1 Å². The number of hydrogen-bond acceptors (Lipinski definition) is 4. The van der Waals surface area contributed by atoms with E-state index in [0.717, 1.165) is 16.7 Å². The Morgan fingerprint density at radius 2 is 2.24 bits per heavy atom. The number of aromatic nitrogens is 3. The summed E-state index contributed by atoms with van der Waals surface area (Å²) in [7, 11) is 0. The molecule has 17 heavy (non-hydrogen) atoms. The van der Waals surface area contributed by atoms with Gasteiger partial charge in [-0.25, -0.2) is 4.98 Å². The van der Waals surface area contributed by atoms with Crippen molar-refractivity contribution in [3.63, 3.8) is 0 Å². The van der Waals surface area contributed by atoms with E-state index >= 15 is 0 Å². The summed E-state index contributed by atoms with van der Waals surface area (Å²) in [5.41, 5.74) is 9.83. The molecule has 0 aliphatic rings. The molecule has 0 amide bonds. The van der Waals surface area contributed by atoms with Gasteiger partial charge in [0.05, 0.1) is 17.6 Å². The number of benzene rings is 1. The maximum absolute atomic E-state index is 5.91. The van der Waals surface area contributed by atoms with Crippen molar-refractivity contribution in [3.05, 3.63) is 41.8 Å². The van der Waals surface area contributed by atoms with E-state index in [2.05, 4.69) is 10.1 Å². The number of nitrogens with two attached hydrogens (primary N) is 1. The van der Waals surface area contributed by atoms with Crippen molar-refractivity contribution >= 4 is 17.0 Å². The first-order valence-corrected chi connectivity index (χ1v) is 5.35. The molecule has 0 unspecified atom stereocenters. The highest BCUT2D eigenvalue weighted by Crippen LogP contribution is 2.20. The Hall–Kier alpha value is -2.30. The molecular weight excluding hydrogens is 216 g/mol. The molecule has 2 heterocycles. The summed E-state index contributed by atoms with van der Waals surface area (Å²) >= 11 is 0. The zero-order chi connectivity index (χ0) is 11.8. The molecule has 0 aliphatic carbocycles. The van der Waals surface area contributed by atoms with E-state index < -0.39 is 0 Å². The third-order valence-corrected chi connectivity index (χ3v) is 2.74. The summed E-state index contributed by atoms with van der Waals surface area (Å²) in [6.45, 7) is 2.61. The molecule has 5 heteroatoms. The Bertz CT molecular complexity index is 655. The van der Waals surface area contributed by atoms with E-state index in [1.807, 2.05) is 35.8 Å². The number of aryl methyl sites for hydroxylation is 1. The van der Waals surface area contributed by atoms with Crippen LogP contribution in [0.5, 0.6) is 0 Å². The van der Waals surface area contributed by atoms with Gasteiger partial charge in [0.25, 0.3) is 0 Å². The number of fused-ring (bicyclic) bond motifs is 1. The zero-order valence-electron chi connectivity index (χ0n) is 9.42. The van der Waals surface area contributed by atoms with Crippen LogP contribution < -0.4 is 5.73 Å². The van der Waals surface area contributed by atoms with E-state index in [9.17, 15) is 0 Å². The fourth-order valence-corrected chi connectivity index (χ4v) is 1.91. The molecule has 0 aliphatic heterocycles. The summed E-state index contributed by atoms with van der Waals surface area (Å²) in [4.78, 5) is 4.34. The van der Waals surface area contributed by atoms with Gasteiger partial charge in [-0.2, -0.15) is 0 Å². The van der Waals surface area contributed by atoms with Gasteiger partial charge < -0.3 is 14.8 Å². The summed E-state index contributed by atoms with van der Waals surface area (Å²) < 4.78 is 6.73. The fraction of sp³-hybridized carbons (Fsp3) is 0.167. The maximum atomic E-state index is 5.91. The number of hydrogen-bond donors (Lipinski definition) is 1. The van der Waals surface area contributed by atoms with Gasteiger partial charge in [0, 0.05) is 6.07 Å². The quantitative estimate of drug-likeness (QED) is 0.728. The van der Waals surface area contributed by atoms with Crippen molar-refractivity contribution in [2.75, 3.05) is 5.73 Å². The Balaban J connectivity index is 2.12. The molecule has 0 spiro atoms. The van der Waals surface area contributed by atoms with Gasteiger partial charge in [-0.3, -0.25) is 0 Å². The molecule has 5 nitrogen and oxygen atoms in total. The van der Waals surface area contributed by atoms with Crippen molar-refractivity contribution in [1.29, 1.82) is 0 Å². The standard InChI is InChI=1S/C12H12N4O/c1-8-2-3-11-10(6-8)14-12(13)16(11)7-9-4-5-17-15-9/h2-6H,7H2,1H3,(H2,13,14). The van der Waals surface area contributed by atoms with Crippen LogP contribution in [0, 0.1) is 6.92 Å². The first-order chi connectivity index (χ1) is 8.24. The van der Waals surface area contributed by atoms with Gasteiger partial charge in [-0.05, 0) is 24.6 Å². The van der Waals surface area contributed by atoms with Gasteiger partial charge in [0.15, 0.2) is 0 Å². The maximum Gasteiger partial charge on any atom is 0.201 e. The van der Waals surface area contributed by atoms with Crippen LogP contribution in [0.4, 0.5) is 5.95 Å². The van der Waals surface area contributed by atoms with E-state index in [1.54, 1.807) is 6.26 Å². The largest absolute Gasteiger partial charge is 0.369 e. The van der Waals surface area contributed by atoms with Crippen LogP contribution in [0.3, 0.4) is 0 Å². The monoisotopic (exact) mass is 228 g/mol. The number of anilines is 1. The molecule has 0 saturated carbocycles. The summed E-state index contributed by atoms with van der Waals surface area (Å²) in [5.74, 6) is 0.494. The molecule has 3 rings (SSSR count). The summed E-state index contributed by atoms with van der Waals surface area (Å²) in [6.07, 6.45) is 1.55. The second-order valence-corrected chi connectivity index (χ2v) is 4.04. The topological polar surface area (TPSA) is 69.9 Å². The van der Waals surface area contributed by atoms with Crippen LogP contribution in [-0.4, -0.2) is 14.7 Å². The van der Waals surface area contributed by atoms with Crippen LogP contribution in [0.2, 0.25) is 0 Å². The second kappa shape index (κ2) is 3.62. The Morgan fingerprint density at radius 3 is 3.00 bits per heavy atom. The Labute approximate surface area is 97.8 Å². The number of imidazole rings is 1. The van der Waals surface area contributed by atoms with Gasteiger partial charge in [-0.1, -0.05) is 11.2 Å². The molecule has 2 aromatic heterocycles. The van der Waals surface area contributed by atoms with Crippen molar-refractivity contribution in [1.82, 2.24) is 14.7 Å². The lowest BCUT2D eigenvalue weighted by Crippen LogP contribution is -2.04. The average molecular weight is 228 g/mol.